The summed E-state index contributed by atoms with van der Waals surface area (Å²) in [5.74, 6) is 0.483. The van der Waals surface area contributed by atoms with E-state index in [0.717, 1.165) is 16.8 Å². The van der Waals surface area contributed by atoms with Crippen LogP contribution in [0.15, 0.2) is 41.6 Å². The zero-order valence-corrected chi connectivity index (χ0v) is 16.7. The van der Waals surface area contributed by atoms with Gasteiger partial charge in [0.1, 0.15) is 12.9 Å². The van der Waals surface area contributed by atoms with Crippen molar-refractivity contribution in [2.75, 3.05) is 27.4 Å². The third kappa shape index (κ3) is 3.73. The number of methoxy groups -OCH3 is 1. The lowest BCUT2D eigenvalue weighted by atomic mass is 9.95. The molecule has 0 bridgehead atoms. The van der Waals surface area contributed by atoms with Crippen LogP contribution in [0, 0.1) is 13.8 Å². The van der Waals surface area contributed by atoms with Gasteiger partial charge in [-0.05, 0) is 48.7 Å². The molecule has 1 unspecified atom stereocenters. The third-order valence-corrected chi connectivity index (χ3v) is 5.30. The average Bonchev–Trinajstić information content (AvgIpc) is 3.12. The molecule has 6 heteroatoms. The summed E-state index contributed by atoms with van der Waals surface area (Å²) >= 11 is 0. The smallest absolute Gasteiger partial charge is 0.254 e. The maximum Gasteiger partial charge on any atom is 0.254 e. The van der Waals surface area contributed by atoms with Crippen molar-refractivity contribution in [2.24, 2.45) is 5.16 Å². The molecule has 2 aromatic rings. The summed E-state index contributed by atoms with van der Waals surface area (Å²) in [7, 11) is 3.08. The van der Waals surface area contributed by atoms with Gasteiger partial charge in [-0.1, -0.05) is 23.4 Å². The highest BCUT2D eigenvalue weighted by Crippen LogP contribution is 2.34. The maximum absolute atomic E-state index is 13.1. The lowest BCUT2D eigenvalue weighted by Crippen LogP contribution is -2.37. The Morgan fingerprint density at radius 3 is 2.68 bits per heavy atom. The first kappa shape index (κ1) is 19.9. The van der Waals surface area contributed by atoms with Crippen LogP contribution in [-0.4, -0.2) is 55.0 Å². The molecule has 0 saturated carbocycles. The zero-order chi connectivity index (χ0) is 20.3. The summed E-state index contributed by atoms with van der Waals surface area (Å²) in [4.78, 5) is 19.5. The van der Waals surface area contributed by atoms with Crippen LogP contribution in [0.5, 0.6) is 5.75 Å². The Balaban J connectivity index is 1.95. The standard InChI is InChI=1S/C22H26N2O4/c1-14-6-5-7-19(15(14)2)20-9-8-16(10-21(20)27-3)22(26)24-12-17(23-28-4)11-18(24)13-25/h5-10,18,25H,11-13H2,1-4H3/b23-17+. The van der Waals surface area contributed by atoms with Crippen molar-refractivity contribution in [2.45, 2.75) is 26.3 Å². The van der Waals surface area contributed by atoms with Crippen molar-refractivity contribution in [3.05, 3.63) is 53.1 Å². The van der Waals surface area contributed by atoms with E-state index in [1.54, 1.807) is 18.1 Å². The van der Waals surface area contributed by atoms with Crippen LogP contribution in [0.1, 0.15) is 27.9 Å². The van der Waals surface area contributed by atoms with Crippen LogP contribution in [0.2, 0.25) is 0 Å². The molecular weight excluding hydrogens is 356 g/mol. The van der Waals surface area contributed by atoms with Gasteiger partial charge in [0.05, 0.1) is 32.0 Å². The molecule has 28 heavy (non-hydrogen) atoms. The number of carbonyl (C=O) groups excluding carboxylic acids is 1. The molecule has 1 aliphatic rings. The van der Waals surface area contributed by atoms with Crippen molar-refractivity contribution in [3.8, 4) is 16.9 Å². The predicted molar refractivity (Wildman–Crippen MR) is 109 cm³/mol. The second-order valence-electron chi connectivity index (χ2n) is 6.98. The normalized spacial score (nSPS) is 17.8. The summed E-state index contributed by atoms with van der Waals surface area (Å²) in [6, 6.07) is 11.3. The van der Waals surface area contributed by atoms with Gasteiger partial charge in [0.2, 0.25) is 0 Å². The van der Waals surface area contributed by atoms with E-state index in [-0.39, 0.29) is 18.6 Å². The van der Waals surface area contributed by atoms with Gasteiger partial charge >= 0.3 is 0 Å². The number of aliphatic hydroxyl groups excluding tert-OH is 1. The molecule has 148 valence electrons. The van der Waals surface area contributed by atoms with E-state index < -0.39 is 0 Å². The highest BCUT2D eigenvalue weighted by Gasteiger charge is 2.33. The molecule has 1 saturated heterocycles. The molecule has 3 rings (SSSR count). The summed E-state index contributed by atoms with van der Waals surface area (Å²) < 4.78 is 5.60. The summed E-state index contributed by atoms with van der Waals surface area (Å²) in [5, 5.41) is 13.6. The van der Waals surface area contributed by atoms with Gasteiger partial charge in [0, 0.05) is 17.5 Å². The fraction of sp³-hybridized carbons (Fsp3) is 0.364. The van der Waals surface area contributed by atoms with Gasteiger partial charge in [-0.2, -0.15) is 0 Å². The number of hydrogen-bond donors (Lipinski definition) is 1. The van der Waals surface area contributed by atoms with Crippen molar-refractivity contribution < 1.29 is 19.5 Å². The molecule has 0 spiro atoms. The van der Waals surface area contributed by atoms with Crippen LogP contribution >= 0.6 is 0 Å². The number of likely N-dealkylation sites (tertiary alicyclic amines) is 1. The molecule has 6 nitrogen and oxygen atoms in total. The molecule has 1 aliphatic heterocycles. The minimum Gasteiger partial charge on any atom is -0.496 e. The van der Waals surface area contributed by atoms with Gasteiger partial charge in [-0.25, -0.2) is 0 Å². The minimum atomic E-state index is -0.300. The first-order valence-corrected chi connectivity index (χ1v) is 9.25. The molecule has 1 heterocycles. The van der Waals surface area contributed by atoms with E-state index in [0.29, 0.717) is 24.3 Å². The average molecular weight is 382 g/mol. The van der Waals surface area contributed by atoms with Gasteiger partial charge in [0.25, 0.3) is 5.91 Å². The topological polar surface area (TPSA) is 71.4 Å². The first-order valence-electron chi connectivity index (χ1n) is 9.25. The number of carbonyl (C=O) groups is 1. The number of benzene rings is 2. The fourth-order valence-electron chi connectivity index (χ4n) is 3.62. The molecule has 1 atom stereocenters. The lowest BCUT2D eigenvalue weighted by molar-refractivity contribution is 0.0680. The summed E-state index contributed by atoms with van der Waals surface area (Å²) in [5.41, 5.74) is 5.67. The van der Waals surface area contributed by atoms with Crippen LogP contribution in [0.3, 0.4) is 0 Å². The van der Waals surface area contributed by atoms with Crippen molar-refractivity contribution in [1.82, 2.24) is 4.90 Å². The second-order valence-corrected chi connectivity index (χ2v) is 6.98. The molecule has 0 aromatic heterocycles. The van der Waals surface area contributed by atoms with Crippen LogP contribution in [0.25, 0.3) is 11.1 Å². The van der Waals surface area contributed by atoms with E-state index in [2.05, 4.69) is 31.1 Å². The molecule has 1 fully saturated rings. The number of aliphatic hydroxyl groups is 1. The number of rotatable bonds is 5. The number of oxime groups is 1. The Kier molecular flexibility index (Phi) is 5.99. The van der Waals surface area contributed by atoms with E-state index in [1.165, 1.54) is 18.2 Å². The van der Waals surface area contributed by atoms with Gasteiger partial charge in [-0.15, -0.1) is 0 Å². The highest BCUT2D eigenvalue weighted by molar-refractivity contribution is 6.01. The molecule has 1 amide bonds. The Labute approximate surface area is 165 Å². The first-order chi connectivity index (χ1) is 13.5. The van der Waals surface area contributed by atoms with Crippen LogP contribution in [-0.2, 0) is 4.84 Å². The quantitative estimate of drug-likeness (QED) is 0.806. The minimum absolute atomic E-state index is 0.119. The van der Waals surface area contributed by atoms with Gasteiger partial charge in [0.15, 0.2) is 0 Å². The Hall–Kier alpha value is -2.86. The van der Waals surface area contributed by atoms with Crippen molar-refractivity contribution >= 4 is 11.6 Å². The molecule has 1 N–H and O–H groups in total. The number of hydrogen-bond acceptors (Lipinski definition) is 5. The zero-order valence-electron chi connectivity index (χ0n) is 16.7. The van der Waals surface area contributed by atoms with Crippen molar-refractivity contribution in [1.29, 1.82) is 0 Å². The fourth-order valence-corrected chi connectivity index (χ4v) is 3.62. The maximum atomic E-state index is 13.1. The van der Waals surface area contributed by atoms with Crippen molar-refractivity contribution in [3.63, 3.8) is 0 Å². The van der Waals surface area contributed by atoms with Crippen LogP contribution in [0.4, 0.5) is 0 Å². The Morgan fingerprint density at radius 2 is 2.00 bits per heavy atom. The Morgan fingerprint density at radius 1 is 1.21 bits per heavy atom. The molecule has 0 radical (unpaired) electrons. The predicted octanol–water partition coefficient (Wildman–Crippen LogP) is 3.19. The van der Waals surface area contributed by atoms with E-state index in [9.17, 15) is 9.90 Å². The van der Waals surface area contributed by atoms with E-state index in [4.69, 9.17) is 9.57 Å². The summed E-state index contributed by atoms with van der Waals surface area (Å²) in [6.07, 6.45) is 0.508. The summed E-state index contributed by atoms with van der Waals surface area (Å²) in [6.45, 7) is 4.38. The number of amides is 1. The lowest BCUT2D eigenvalue weighted by Gasteiger charge is -2.23. The number of ether oxygens (including phenoxy) is 1. The number of nitrogens with zero attached hydrogens (tertiary/aromatic N) is 2. The third-order valence-electron chi connectivity index (χ3n) is 5.30. The second kappa shape index (κ2) is 8.44. The highest BCUT2D eigenvalue weighted by atomic mass is 16.6. The van der Waals surface area contributed by atoms with Gasteiger partial charge < -0.3 is 19.6 Å². The molecular formula is C22H26N2O4. The largest absolute Gasteiger partial charge is 0.496 e. The monoisotopic (exact) mass is 382 g/mol. The Bertz CT molecular complexity index is 907. The SMILES string of the molecule is CO/N=C1\CC(CO)N(C(=O)c2ccc(-c3cccc(C)c3C)c(OC)c2)C1. The van der Waals surface area contributed by atoms with E-state index in [1.807, 2.05) is 18.2 Å². The molecule has 0 aliphatic carbocycles. The molecule has 2 aromatic carbocycles. The number of aryl methyl sites for hydroxylation is 1. The van der Waals surface area contributed by atoms with Crippen LogP contribution < -0.4 is 4.74 Å². The van der Waals surface area contributed by atoms with Gasteiger partial charge in [-0.3, -0.25) is 4.79 Å². The van der Waals surface area contributed by atoms with E-state index >= 15 is 0 Å².